The summed E-state index contributed by atoms with van der Waals surface area (Å²) >= 11 is 0. The van der Waals surface area contributed by atoms with Crippen LogP contribution in [0.4, 0.5) is 5.69 Å². The Kier molecular flexibility index (Phi) is 8.48. The molecule has 0 aromatic heterocycles. The molecule has 0 bridgehead atoms. The molecule has 0 amide bonds. The van der Waals surface area contributed by atoms with E-state index in [1.54, 1.807) is 14.2 Å². The van der Waals surface area contributed by atoms with Gasteiger partial charge in [0.05, 0.1) is 32.1 Å². The Morgan fingerprint density at radius 2 is 1.94 bits per heavy atom. The van der Waals surface area contributed by atoms with Gasteiger partial charge < -0.3 is 29.0 Å². The lowest BCUT2D eigenvalue weighted by Crippen LogP contribution is -2.34. The molecule has 1 fully saturated rings. The van der Waals surface area contributed by atoms with Crippen LogP contribution in [0.15, 0.2) is 42.5 Å². The summed E-state index contributed by atoms with van der Waals surface area (Å²) in [6, 6.07) is 14.7. The molecular formula is C27H37NO5. The molecule has 1 aliphatic heterocycles. The van der Waals surface area contributed by atoms with Crippen molar-refractivity contribution in [3.05, 3.63) is 53.6 Å². The molecule has 1 N–H and O–H groups in total. The summed E-state index contributed by atoms with van der Waals surface area (Å²) in [5.41, 5.74) is 3.56. The van der Waals surface area contributed by atoms with Crippen molar-refractivity contribution < 1.29 is 24.1 Å². The van der Waals surface area contributed by atoms with Crippen LogP contribution in [0.3, 0.4) is 0 Å². The van der Waals surface area contributed by atoms with Crippen LogP contribution < -0.4 is 14.4 Å². The van der Waals surface area contributed by atoms with Crippen LogP contribution in [0.1, 0.15) is 42.7 Å². The quantitative estimate of drug-likeness (QED) is 0.536. The number of aliphatic hydroxyl groups is 1. The summed E-state index contributed by atoms with van der Waals surface area (Å²) in [5.74, 6) is 2.41. The Morgan fingerprint density at radius 3 is 2.70 bits per heavy atom. The number of nitrogens with zero attached hydrogens (tertiary/aromatic N) is 1. The SMILES string of the molecule is COCCCN1CCOc2ccc(CO[C@H]3CC[C@H](CO)C[C@@H]3c3ccc(OC)cc3)cc21. The van der Waals surface area contributed by atoms with Crippen molar-refractivity contribution in [3.63, 3.8) is 0 Å². The lowest BCUT2D eigenvalue weighted by Gasteiger charge is -2.36. The van der Waals surface area contributed by atoms with Crippen LogP contribution in [0.5, 0.6) is 11.5 Å². The molecule has 2 aliphatic rings. The molecule has 2 aromatic rings. The van der Waals surface area contributed by atoms with Crippen molar-refractivity contribution in [2.45, 2.75) is 44.3 Å². The molecule has 6 heteroatoms. The second-order valence-corrected chi connectivity index (χ2v) is 9.07. The van der Waals surface area contributed by atoms with Gasteiger partial charge in [0, 0.05) is 32.8 Å². The Bertz CT molecular complexity index is 871. The maximum absolute atomic E-state index is 9.76. The molecule has 6 nitrogen and oxygen atoms in total. The van der Waals surface area contributed by atoms with Crippen molar-refractivity contribution in [1.29, 1.82) is 0 Å². The van der Waals surface area contributed by atoms with Crippen molar-refractivity contribution in [2.75, 3.05) is 52.0 Å². The highest BCUT2D eigenvalue weighted by atomic mass is 16.5. The smallest absolute Gasteiger partial charge is 0.142 e. The van der Waals surface area contributed by atoms with E-state index >= 15 is 0 Å². The number of hydrogen-bond donors (Lipinski definition) is 1. The molecule has 0 unspecified atom stereocenters. The van der Waals surface area contributed by atoms with Crippen LogP contribution in [0, 0.1) is 5.92 Å². The van der Waals surface area contributed by atoms with Gasteiger partial charge in [0.15, 0.2) is 0 Å². The first kappa shape index (κ1) is 23.9. The monoisotopic (exact) mass is 455 g/mol. The minimum absolute atomic E-state index is 0.131. The Morgan fingerprint density at radius 1 is 1.09 bits per heavy atom. The van der Waals surface area contributed by atoms with E-state index < -0.39 is 0 Å². The summed E-state index contributed by atoms with van der Waals surface area (Å²) in [7, 11) is 3.43. The zero-order valence-corrected chi connectivity index (χ0v) is 19.9. The average molecular weight is 456 g/mol. The fraction of sp³-hybridized carbons (Fsp3) is 0.556. The average Bonchev–Trinajstić information content (AvgIpc) is 2.87. The van der Waals surface area contributed by atoms with Gasteiger partial charge in [0.25, 0.3) is 0 Å². The van der Waals surface area contributed by atoms with E-state index in [1.165, 1.54) is 5.56 Å². The zero-order valence-electron chi connectivity index (χ0n) is 19.9. The van der Waals surface area contributed by atoms with Crippen LogP contribution >= 0.6 is 0 Å². The highest BCUT2D eigenvalue weighted by molar-refractivity contribution is 5.61. The second kappa shape index (κ2) is 11.7. The van der Waals surface area contributed by atoms with Gasteiger partial charge in [-0.2, -0.15) is 0 Å². The number of benzene rings is 2. The maximum Gasteiger partial charge on any atom is 0.142 e. The van der Waals surface area contributed by atoms with E-state index in [-0.39, 0.29) is 18.6 Å². The summed E-state index contributed by atoms with van der Waals surface area (Å²) in [4.78, 5) is 2.38. The molecule has 0 saturated heterocycles. The van der Waals surface area contributed by atoms with Crippen LogP contribution in [-0.2, 0) is 16.1 Å². The van der Waals surface area contributed by atoms with Gasteiger partial charge in [-0.15, -0.1) is 0 Å². The van der Waals surface area contributed by atoms with Gasteiger partial charge in [0.2, 0.25) is 0 Å². The van der Waals surface area contributed by atoms with Gasteiger partial charge >= 0.3 is 0 Å². The van der Waals surface area contributed by atoms with Gasteiger partial charge in [-0.3, -0.25) is 0 Å². The maximum atomic E-state index is 9.76. The standard InChI is InChI=1S/C27H37NO5/c1-30-14-3-12-28-13-15-32-27-11-5-21(17-25(27)28)19-33-26-10-4-20(18-29)16-24(26)22-6-8-23(31-2)9-7-22/h5-9,11,17,20,24,26,29H,3-4,10,12-16,18-19H2,1-2H3/t20-,24+,26-/m0/s1. The highest BCUT2D eigenvalue weighted by Gasteiger charge is 2.32. The van der Waals surface area contributed by atoms with E-state index in [4.69, 9.17) is 18.9 Å². The van der Waals surface area contributed by atoms with E-state index in [1.807, 2.05) is 12.1 Å². The highest BCUT2D eigenvalue weighted by Crippen LogP contribution is 2.39. The molecule has 1 saturated carbocycles. The first-order valence-corrected chi connectivity index (χ1v) is 12.1. The van der Waals surface area contributed by atoms with Crippen LogP contribution in [0.2, 0.25) is 0 Å². The first-order chi connectivity index (χ1) is 16.2. The predicted molar refractivity (Wildman–Crippen MR) is 129 cm³/mol. The van der Waals surface area contributed by atoms with E-state index in [0.29, 0.717) is 19.1 Å². The number of rotatable bonds is 10. The number of ether oxygens (including phenoxy) is 4. The first-order valence-electron chi connectivity index (χ1n) is 12.1. The lowest BCUT2D eigenvalue weighted by atomic mass is 9.76. The number of aliphatic hydroxyl groups excluding tert-OH is 1. The Labute approximate surface area is 197 Å². The van der Waals surface area contributed by atoms with Gasteiger partial charge in [-0.1, -0.05) is 18.2 Å². The van der Waals surface area contributed by atoms with Gasteiger partial charge in [-0.25, -0.2) is 0 Å². The van der Waals surface area contributed by atoms with E-state index in [9.17, 15) is 5.11 Å². The molecular weight excluding hydrogens is 418 g/mol. The molecule has 3 atom stereocenters. The molecule has 180 valence electrons. The third kappa shape index (κ3) is 5.99. The number of methoxy groups -OCH3 is 2. The summed E-state index contributed by atoms with van der Waals surface area (Å²) < 4.78 is 22.9. The molecule has 1 heterocycles. The van der Waals surface area contributed by atoms with Gasteiger partial charge in [-0.05, 0) is 67.0 Å². The number of anilines is 1. The number of fused-ring (bicyclic) bond motifs is 1. The van der Waals surface area contributed by atoms with Crippen molar-refractivity contribution in [2.24, 2.45) is 5.92 Å². The molecule has 0 radical (unpaired) electrons. The van der Waals surface area contributed by atoms with Crippen LogP contribution in [0.25, 0.3) is 0 Å². The topological polar surface area (TPSA) is 60.4 Å². The number of hydrogen-bond acceptors (Lipinski definition) is 6. The molecule has 1 aliphatic carbocycles. The summed E-state index contributed by atoms with van der Waals surface area (Å²) in [6.07, 6.45) is 4.03. The van der Waals surface area contributed by atoms with E-state index in [2.05, 4.69) is 35.2 Å². The Balaban J connectivity index is 1.44. The minimum Gasteiger partial charge on any atom is -0.497 e. The van der Waals surface area contributed by atoms with Crippen molar-refractivity contribution >= 4 is 5.69 Å². The molecule has 33 heavy (non-hydrogen) atoms. The Hall–Kier alpha value is -2.28. The summed E-state index contributed by atoms with van der Waals surface area (Å²) in [6.45, 7) is 4.14. The predicted octanol–water partition coefficient (Wildman–Crippen LogP) is 4.39. The van der Waals surface area contributed by atoms with Crippen LogP contribution in [-0.4, -0.2) is 58.3 Å². The fourth-order valence-corrected chi connectivity index (χ4v) is 5.04. The largest absolute Gasteiger partial charge is 0.497 e. The van der Waals surface area contributed by atoms with Crippen molar-refractivity contribution in [1.82, 2.24) is 0 Å². The lowest BCUT2D eigenvalue weighted by molar-refractivity contribution is -0.0144. The normalized spacial score (nSPS) is 22.5. The molecule has 0 spiro atoms. The van der Waals surface area contributed by atoms with Gasteiger partial charge in [0.1, 0.15) is 18.1 Å². The fourth-order valence-electron chi connectivity index (χ4n) is 5.04. The molecule has 2 aromatic carbocycles. The zero-order chi connectivity index (χ0) is 23.0. The minimum atomic E-state index is 0.131. The molecule has 4 rings (SSSR count). The third-order valence-electron chi connectivity index (χ3n) is 6.92. The summed E-state index contributed by atoms with van der Waals surface area (Å²) in [5, 5.41) is 9.76. The third-order valence-corrected chi connectivity index (χ3v) is 6.92. The second-order valence-electron chi connectivity index (χ2n) is 9.07. The van der Waals surface area contributed by atoms with Crippen molar-refractivity contribution in [3.8, 4) is 11.5 Å². The van der Waals surface area contributed by atoms with E-state index in [0.717, 1.165) is 68.1 Å².